The zero-order valence-corrected chi connectivity index (χ0v) is 10.2. The lowest BCUT2D eigenvalue weighted by Crippen LogP contribution is -2.06. The van der Waals surface area contributed by atoms with Gasteiger partial charge < -0.3 is 10.4 Å². The molecule has 0 aliphatic heterocycles. The van der Waals surface area contributed by atoms with Gasteiger partial charge in [0.1, 0.15) is 5.82 Å². The van der Waals surface area contributed by atoms with E-state index in [1.165, 1.54) is 0 Å². The van der Waals surface area contributed by atoms with Crippen LogP contribution < -0.4 is 5.32 Å². The fraction of sp³-hybridized carbons (Fsp3) is 0.250. The molecule has 94 valence electrons. The first kappa shape index (κ1) is 12.1. The molecule has 0 aromatic carbocycles. The summed E-state index contributed by atoms with van der Waals surface area (Å²) in [7, 11) is 1.85. The average Bonchev–Trinajstić information content (AvgIpc) is 2.72. The van der Waals surface area contributed by atoms with E-state index >= 15 is 0 Å². The summed E-state index contributed by atoms with van der Waals surface area (Å²) >= 11 is 0. The van der Waals surface area contributed by atoms with Crippen LogP contribution >= 0.6 is 0 Å². The summed E-state index contributed by atoms with van der Waals surface area (Å²) in [5, 5.41) is 16.2. The number of nitrogens with one attached hydrogen (secondary N) is 1. The molecular formula is C12H14N4O2. The Hall–Kier alpha value is -2.37. The van der Waals surface area contributed by atoms with E-state index in [2.05, 4.69) is 15.4 Å². The molecule has 6 nitrogen and oxygen atoms in total. The number of rotatable bonds is 4. The van der Waals surface area contributed by atoms with Gasteiger partial charge in [0.15, 0.2) is 0 Å². The molecule has 0 saturated carbocycles. The summed E-state index contributed by atoms with van der Waals surface area (Å²) in [5.74, 6) is -0.320. The third-order valence-corrected chi connectivity index (χ3v) is 2.54. The highest BCUT2D eigenvalue weighted by atomic mass is 16.4. The lowest BCUT2D eigenvalue weighted by atomic mass is 10.2. The predicted octanol–water partition coefficient (Wildman–Crippen LogP) is 1.43. The van der Waals surface area contributed by atoms with Crippen LogP contribution in [0.4, 0.5) is 5.82 Å². The van der Waals surface area contributed by atoms with Crippen LogP contribution in [0.1, 0.15) is 21.7 Å². The molecule has 2 N–H and O–H groups in total. The number of carboxylic acid groups (broad SMARTS) is 1. The second-order valence-electron chi connectivity index (χ2n) is 3.97. The van der Waals surface area contributed by atoms with Crippen molar-refractivity contribution in [1.29, 1.82) is 0 Å². The number of carbonyl (C=O) groups is 1. The van der Waals surface area contributed by atoms with E-state index in [4.69, 9.17) is 5.11 Å². The van der Waals surface area contributed by atoms with Gasteiger partial charge in [-0.3, -0.25) is 4.68 Å². The molecule has 0 aliphatic carbocycles. The second kappa shape index (κ2) is 4.87. The monoisotopic (exact) mass is 246 g/mol. The van der Waals surface area contributed by atoms with Crippen molar-refractivity contribution in [2.24, 2.45) is 7.05 Å². The van der Waals surface area contributed by atoms with Gasteiger partial charge in [0.25, 0.3) is 0 Å². The normalized spacial score (nSPS) is 10.3. The highest BCUT2D eigenvalue weighted by Crippen LogP contribution is 2.11. The number of anilines is 1. The molecule has 18 heavy (non-hydrogen) atoms. The van der Waals surface area contributed by atoms with Gasteiger partial charge in [-0.25, -0.2) is 9.78 Å². The lowest BCUT2D eigenvalue weighted by molar-refractivity contribution is 0.0695. The Morgan fingerprint density at radius 3 is 2.78 bits per heavy atom. The number of hydrogen-bond acceptors (Lipinski definition) is 4. The van der Waals surface area contributed by atoms with Crippen molar-refractivity contribution in [3.63, 3.8) is 0 Å². The van der Waals surface area contributed by atoms with Crippen molar-refractivity contribution in [3.05, 3.63) is 41.3 Å². The Morgan fingerprint density at radius 1 is 1.44 bits per heavy atom. The van der Waals surface area contributed by atoms with Gasteiger partial charge in [0.05, 0.1) is 23.5 Å². The Labute approximate surface area is 104 Å². The molecule has 2 aromatic heterocycles. The summed E-state index contributed by atoms with van der Waals surface area (Å²) in [6.45, 7) is 2.23. The third-order valence-electron chi connectivity index (χ3n) is 2.54. The van der Waals surface area contributed by atoms with Crippen LogP contribution in [-0.2, 0) is 13.6 Å². The van der Waals surface area contributed by atoms with Crippen LogP contribution in [-0.4, -0.2) is 25.8 Å². The maximum Gasteiger partial charge on any atom is 0.337 e. The number of hydrogen-bond donors (Lipinski definition) is 2. The molecule has 2 heterocycles. The molecule has 0 saturated heterocycles. The molecule has 0 radical (unpaired) electrons. The van der Waals surface area contributed by atoms with E-state index in [1.807, 2.05) is 19.3 Å². The molecular weight excluding hydrogens is 232 g/mol. The van der Waals surface area contributed by atoms with Crippen molar-refractivity contribution in [2.75, 3.05) is 5.32 Å². The summed E-state index contributed by atoms with van der Waals surface area (Å²) in [6.07, 6.45) is 1.86. The molecule has 0 spiro atoms. The van der Waals surface area contributed by atoms with E-state index in [9.17, 15) is 4.79 Å². The fourth-order valence-corrected chi connectivity index (χ4v) is 1.62. The first-order valence-corrected chi connectivity index (χ1v) is 5.49. The molecule has 2 rings (SSSR count). The predicted molar refractivity (Wildman–Crippen MR) is 66.5 cm³/mol. The van der Waals surface area contributed by atoms with E-state index in [0.29, 0.717) is 18.1 Å². The van der Waals surface area contributed by atoms with E-state index in [0.717, 1.165) is 5.69 Å². The first-order valence-electron chi connectivity index (χ1n) is 5.49. The standard InChI is InChI=1S/C12H14N4O2/c1-8-10(12(17)18)3-4-11(14-8)13-7-9-5-6-16(2)15-9/h3-6H,7H2,1-2H3,(H,13,14)(H,17,18). The Kier molecular flexibility index (Phi) is 3.27. The highest BCUT2D eigenvalue weighted by Gasteiger charge is 2.08. The molecule has 0 unspecified atom stereocenters. The van der Waals surface area contributed by atoms with Crippen LogP contribution in [0.25, 0.3) is 0 Å². The van der Waals surface area contributed by atoms with Crippen LogP contribution in [0.2, 0.25) is 0 Å². The number of carboxylic acids is 1. The minimum absolute atomic E-state index is 0.221. The number of aromatic carboxylic acids is 1. The molecule has 2 aromatic rings. The SMILES string of the molecule is Cc1nc(NCc2ccn(C)n2)ccc1C(=O)O. The largest absolute Gasteiger partial charge is 0.478 e. The van der Waals surface area contributed by atoms with E-state index in [1.54, 1.807) is 23.7 Å². The maximum atomic E-state index is 10.8. The molecule has 0 amide bonds. The molecule has 0 aliphatic rings. The number of aromatic nitrogens is 3. The Morgan fingerprint density at radius 2 is 2.22 bits per heavy atom. The topological polar surface area (TPSA) is 80.0 Å². The minimum Gasteiger partial charge on any atom is -0.478 e. The van der Waals surface area contributed by atoms with Gasteiger partial charge >= 0.3 is 5.97 Å². The lowest BCUT2D eigenvalue weighted by Gasteiger charge is -2.06. The Bertz CT molecular complexity index is 577. The second-order valence-corrected chi connectivity index (χ2v) is 3.97. The molecule has 6 heteroatoms. The van der Waals surface area contributed by atoms with Gasteiger partial charge in [-0.2, -0.15) is 5.10 Å². The fourth-order valence-electron chi connectivity index (χ4n) is 1.62. The number of pyridine rings is 1. The molecule has 0 bridgehead atoms. The van der Waals surface area contributed by atoms with Crippen LogP contribution in [0.5, 0.6) is 0 Å². The summed E-state index contributed by atoms with van der Waals surface area (Å²) in [4.78, 5) is 15.0. The number of aryl methyl sites for hydroxylation is 2. The quantitative estimate of drug-likeness (QED) is 0.853. The third kappa shape index (κ3) is 2.65. The van der Waals surface area contributed by atoms with Crippen LogP contribution in [0.3, 0.4) is 0 Å². The summed E-state index contributed by atoms with van der Waals surface area (Å²) < 4.78 is 1.73. The van der Waals surface area contributed by atoms with E-state index in [-0.39, 0.29) is 5.56 Å². The zero-order chi connectivity index (χ0) is 13.1. The Balaban J connectivity index is 2.06. The molecule has 0 fully saturated rings. The van der Waals surface area contributed by atoms with Gasteiger partial charge in [0.2, 0.25) is 0 Å². The summed E-state index contributed by atoms with van der Waals surface area (Å²) in [5.41, 5.74) is 1.62. The zero-order valence-electron chi connectivity index (χ0n) is 10.2. The first-order chi connectivity index (χ1) is 8.56. The van der Waals surface area contributed by atoms with Crippen molar-refractivity contribution in [1.82, 2.24) is 14.8 Å². The van der Waals surface area contributed by atoms with E-state index < -0.39 is 5.97 Å². The van der Waals surface area contributed by atoms with Gasteiger partial charge in [-0.05, 0) is 25.1 Å². The average molecular weight is 246 g/mol. The van der Waals surface area contributed by atoms with Crippen LogP contribution in [0, 0.1) is 6.92 Å². The van der Waals surface area contributed by atoms with Gasteiger partial charge in [0, 0.05) is 13.2 Å². The van der Waals surface area contributed by atoms with Crippen molar-refractivity contribution in [3.8, 4) is 0 Å². The molecule has 0 atom stereocenters. The van der Waals surface area contributed by atoms with Crippen LogP contribution in [0.15, 0.2) is 24.4 Å². The minimum atomic E-state index is -0.962. The highest BCUT2D eigenvalue weighted by molar-refractivity contribution is 5.89. The summed E-state index contributed by atoms with van der Waals surface area (Å²) in [6, 6.07) is 5.11. The van der Waals surface area contributed by atoms with Gasteiger partial charge in [-0.15, -0.1) is 0 Å². The van der Waals surface area contributed by atoms with Crippen molar-refractivity contribution in [2.45, 2.75) is 13.5 Å². The van der Waals surface area contributed by atoms with Crippen molar-refractivity contribution < 1.29 is 9.90 Å². The van der Waals surface area contributed by atoms with Crippen molar-refractivity contribution >= 4 is 11.8 Å². The number of nitrogens with zero attached hydrogens (tertiary/aromatic N) is 3. The van der Waals surface area contributed by atoms with Gasteiger partial charge in [-0.1, -0.05) is 0 Å². The smallest absolute Gasteiger partial charge is 0.337 e. The maximum absolute atomic E-state index is 10.8.